The third-order valence-electron chi connectivity index (χ3n) is 4.52. The van der Waals surface area contributed by atoms with Crippen LogP contribution in [0.15, 0.2) is 48.8 Å². The number of hydrogen-bond donors (Lipinski definition) is 1. The van der Waals surface area contributed by atoms with Crippen LogP contribution in [0.4, 0.5) is 8.78 Å². The number of rotatable bonds is 3. The second-order valence-electron chi connectivity index (χ2n) is 6.19. The van der Waals surface area contributed by atoms with Gasteiger partial charge in [0.1, 0.15) is 17.2 Å². The van der Waals surface area contributed by atoms with Crippen LogP contribution in [0.1, 0.15) is 40.6 Å². The molecule has 5 nitrogen and oxygen atoms in total. The first-order valence-electron chi connectivity index (χ1n) is 8.37. The molecule has 132 valence electrons. The summed E-state index contributed by atoms with van der Waals surface area (Å²) in [5.41, 5.74) is 2.22. The molecule has 4 rings (SSSR count). The van der Waals surface area contributed by atoms with Crippen LogP contribution in [0.3, 0.4) is 0 Å². The molecule has 2 heterocycles. The van der Waals surface area contributed by atoms with E-state index in [9.17, 15) is 13.6 Å². The second-order valence-corrected chi connectivity index (χ2v) is 6.19. The Balaban J connectivity index is 1.64. The van der Waals surface area contributed by atoms with E-state index < -0.39 is 11.6 Å². The Morgan fingerprint density at radius 2 is 2.12 bits per heavy atom. The van der Waals surface area contributed by atoms with E-state index in [-0.39, 0.29) is 17.6 Å². The minimum atomic E-state index is -0.671. The summed E-state index contributed by atoms with van der Waals surface area (Å²) < 4.78 is 28.8. The lowest BCUT2D eigenvalue weighted by Gasteiger charge is -2.24. The molecule has 0 radical (unpaired) electrons. The van der Waals surface area contributed by atoms with Crippen LogP contribution in [-0.4, -0.2) is 20.7 Å². The van der Waals surface area contributed by atoms with Crippen LogP contribution < -0.4 is 5.32 Å². The van der Waals surface area contributed by atoms with Crippen molar-refractivity contribution in [3.63, 3.8) is 0 Å². The maximum Gasteiger partial charge on any atom is 0.270 e. The molecule has 1 aliphatic rings. The molecule has 3 aromatic rings. The summed E-state index contributed by atoms with van der Waals surface area (Å²) in [6.07, 6.45) is 5.51. The molecule has 0 saturated carbocycles. The van der Waals surface area contributed by atoms with Gasteiger partial charge in [0, 0.05) is 23.5 Å². The van der Waals surface area contributed by atoms with E-state index in [1.165, 1.54) is 16.8 Å². The number of hydrogen-bond acceptors (Lipinski definition) is 3. The largest absolute Gasteiger partial charge is 0.344 e. The lowest BCUT2D eigenvalue weighted by Crippen LogP contribution is -2.31. The van der Waals surface area contributed by atoms with Gasteiger partial charge >= 0.3 is 0 Å². The maximum atomic E-state index is 14.1. The van der Waals surface area contributed by atoms with Crippen molar-refractivity contribution < 1.29 is 13.6 Å². The first-order valence-corrected chi connectivity index (χ1v) is 8.37. The van der Waals surface area contributed by atoms with Crippen molar-refractivity contribution in [3.8, 4) is 5.69 Å². The predicted molar refractivity (Wildman–Crippen MR) is 90.9 cm³/mol. The van der Waals surface area contributed by atoms with E-state index in [0.29, 0.717) is 12.1 Å². The lowest BCUT2D eigenvalue weighted by molar-refractivity contribution is 0.0927. The average Bonchev–Trinajstić information content (AvgIpc) is 3.07. The topological polar surface area (TPSA) is 59.8 Å². The number of halogens is 2. The monoisotopic (exact) mass is 354 g/mol. The van der Waals surface area contributed by atoms with Crippen LogP contribution in [0.2, 0.25) is 0 Å². The first-order chi connectivity index (χ1) is 12.6. The van der Waals surface area contributed by atoms with Crippen LogP contribution in [-0.2, 0) is 6.42 Å². The van der Waals surface area contributed by atoms with Gasteiger partial charge in [0.25, 0.3) is 5.91 Å². The number of fused-ring (bicyclic) bond motifs is 1. The highest BCUT2D eigenvalue weighted by atomic mass is 19.1. The van der Waals surface area contributed by atoms with Crippen molar-refractivity contribution in [1.82, 2.24) is 20.1 Å². The molecular formula is C19H16F2N4O. The number of pyridine rings is 1. The minimum absolute atomic E-state index is 0.198. The highest BCUT2D eigenvalue weighted by molar-refractivity contribution is 5.92. The zero-order valence-corrected chi connectivity index (χ0v) is 13.8. The third-order valence-corrected chi connectivity index (χ3v) is 4.52. The lowest BCUT2D eigenvalue weighted by atomic mass is 9.92. The fourth-order valence-electron chi connectivity index (χ4n) is 3.30. The molecule has 7 heteroatoms. The number of benzene rings is 1. The fraction of sp³-hybridized carbons (Fsp3) is 0.211. The first kappa shape index (κ1) is 16.4. The van der Waals surface area contributed by atoms with Crippen molar-refractivity contribution in [2.45, 2.75) is 25.3 Å². The molecule has 0 aliphatic heterocycles. The number of aromatic nitrogens is 3. The SMILES string of the molecule is O=C(N[C@@H]1CCCc2c1cnn2-c1ccc(F)cc1F)c1ccccn1. The number of nitrogens with one attached hydrogen (secondary N) is 1. The van der Waals surface area contributed by atoms with Crippen molar-refractivity contribution in [2.24, 2.45) is 0 Å². The molecule has 1 aromatic carbocycles. The second kappa shape index (κ2) is 6.67. The average molecular weight is 354 g/mol. The molecular weight excluding hydrogens is 338 g/mol. The van der Waals surface area contributed by atoms with E-state index in [2.05, 4.69) is 15.4 Å². The molecule has 0 unspecified atom stereocenters. The Bertz CT molecular complexity index is 955. The Hall–Kier alpha value is -3.09. The van der Waals surface area contributed by atoms with E-state index in [0.717, 1.165) is 30.2 Å². The van der Waals surface area contributed by atoms with Gasteiger partial charge in [-0.05, 0) is 43.5 Å². The third kappa shape index (κ3) is 2.96. The van der Waals surface area contributed by atoms with Crippen LogP contribution in [0.5, 0.6) is 0 Å². The van der Waals surface area contributed by atoms with Gasteiger partial charge in [-0.25, -0.2) is 13.5 Å². The quantitative estimate of drug-likeness (QED) is 0.785. The zero-order chi connectivity index (χ0) is 18.1. The van der Waals surface area contributed by atoms with Gasteiger partial charge in [-0.2, -0.15) is 5.10 Å². The molecule has 1 amide bonds. The Morgan fingerprint density at radius 3 is 2.88 bits per heavy atom. The summed E-state index contributed by atoms with van der Waals surface area (Å²) in [6.45, 7) is 0. The van der Waals surface area contributed by atoms with Gasteiger partial charge in [-0.1, -0.05) is 6.07 Å². The van der Waals surface area contributed by atoms with Gasteiger partial charge in [-0.3, -0.25) is 9.78 Å². The van der Waals surface area contributed by atoms with E-state index in [1.54, 1.807) is 30.6 Å². The van der Waals surface area contributed by atoms with Gasteiger partial charge in [0.15, 0.2) is 5.82 Å². The summed E-state index contributed by atoms with van der Waals surface area (Å²) in [6, 6.07) is 8.35. The van der Waals surface area contributed by atoms with Gasteiger partial charge in [-0.15, -0.1) is 0 Å². The summed E-state index contributed by atoms with van der Waals surface area (Å²) in [7, 11) is 0. The molecule has 1 aliphatic carbocycles. The predicted octanol–water partition coefficient (Wildman–Crippen LogP) is 3.35. The standard InChI is InChI=1S/C19H16F2N4O/c20-12-7-8-18(14(21)10-12)25-17-6-3-5-15(13(17)11-23-25)24-19(26)16-4-1-2-9-22-16/h1-2,4,7-11,15H,3,5-6H2,(H,24,26)/t15-/m1/s1. The van der Waals surface area contributed by atoms with Crippen molar-refractivity contribution in [2.75, 3.05) is 0 Å². The van der Waals surface area contributed by atoms with Crippen LogP contribution in [0.25, 0.3) is 5.69 Å². The van der Waals surface area contributed by atoms with Crippen molar-refractivity contribution >= 4 is 5.91 Å². The van der Waals surface area contributed by atoms with Gasteiger partial charge in [0.2, 0.25) is 0 Å². The summed E-state index contributed by atoms with van der Waals surface area (Å²) in [4.78, 5) is 16.4. The molecule has 0 spiro atoms. The Morgan fingerprint density at radius 1 is 1.23 bits per heavy atom. The van der Waals surface area contributed by atoms with E-state index >= 15 is 0 Å². The molecule has 26 heavy (non-hydrogen) atoms. The highest BCUT2D eigenvalue weighted by Crippen LogP contribution is 2.31. The Labute approximate surface area is 148 Å². The van der Waals surface area contributed by atoms with Gasteiger partial charge in [0.05, 0.1) is 12.2 Å². The Kier molecular flexibility index (Phi) is 4.20. The molecule has 0 bridgehead atoms. The van der Waals surface area contributed by atoms with Crippen molar-refractivity contribution in [3.05, 3.63) is 77.4 Å². The normalized spacial score (nSPS) is 16.2. The van der Waals surface area contributed by atoms with E-state index in [4.69, 9.17) is 0 Å². The number of amides is 1. The molecule has 1 atom stereocenters. The fourth-order valence-corrected chi connectivity index (χ4v) is 3.30. The maximum absolute atomic E-state index is 14.1. The summed E-state index contributed by atoms with van der Waals surface area (Å²) in [5, 5.41) is 7.25. The molecule has 0 saturated heterocycles. The van der Waals surface area contributed by atoms with Crippen LogP contribution >= 0.6 is 0 Å². The molecule has 0 fully saturated rings. The zero-order valence-electron chi connectivity index (χ0n) is 13.8. The molecule has 2 aromatic heterocycles. The number of carbonyl (C=O) groups is 1. The van der Waals surface area contributed by atoms with Crippen LogP contribution in [0, 0.1) is 11.6 Å². The smallest absolute Gasteiger partial charge is 0.270 e. The highest BCUT2D eigenvalue weighted by Gasteiger charge is 2.27. The summed E-state index contributed by atoms with van der Waals surface area (Å²) >= 11 is 0. The van der Waals surface area contributed by atoms with Crippen molar-refractivity contribution in [1.29, 1.82) is 0 Å². The summed E-state index contributed by atoms with van der Waals surface area (Å²) in [5.74, 6) is -1.56. The number of carbonyl (C=O) groups excluding carboxylic acids is 1. The minimum Gasteiger partial charge on any atom is -0.344 e. The van der Waals surface area contributed by atoms with Gasteiger partial charge < -0.3 is 5.32 Å². The number of nitrogens with zero attached hydrogens (tertiary/aromatic N) is 3. The van der Waals surface area contributed by atoms with E-state index in [1.807, 2.05) is 0 Å². The molecule has 1 N–H and O–H groups in total.